The van der Waals surface area contributed by atoms with Crippen LogP contribution in [-0.4, -0.2) is 25.7 Å². The first-order valence-corrected chi connectivity index (χ1v) is 8.17. The Labute approximate surface area is 125 Å². The van der Waals surface area contributed by atoms with E-state index < -0.39 is 0 Å². The van der Waals surface area contributed by atoms with Crippen LogP contribution in [-0.2, 0) is 0 Å². The van der Waals surface area contributed by atoms with Gasteiger partial charge in [0.05, 0.1) is 5.69 Å². The van der Waals surface area contributed by atoms with Crippen molar-refractivity contribution in [3.63, 3.8) is 0 Å². The smallest absolute Gasteiger partial charge is 0.146 e. The van der Waals surface area contributed by atoms with Crippen molar-refractivity contribution in [1.29, 1.82) is 0 Å². The molecule has 1 unspecified atom stereocenters. The third-order valence-corrected chi connectivity index (χ3v) is 4.90. The molecule has 1 aliphatic carbocycles. The minimum absolute atomic E-state index is 0.319. The van der Waals surface area contributed by atoms with Crippen molar-refractivity contribution in [2.24, 2.45) is 5.92 Å². The third-order valence-electron chi connectivity index (χ3n) is 4.90. The predicted molar refractivity (Wildman–Crippen MR) is 81.6 cm³/mol. The van der Waals surface area contributed by atoms with E-state index >= 15 is 0 Å². The fourth-order valence-electron chi connectivity index (χ4n) is 3.75. The maximum atomic E-state index is 14.0. The van der Waals surface area contributed by atoms with Gasteiger partial charge in [0.15, 0.2) is 0 Å². The van der Waals surface area contributed by atoms with E-state index in [-0.39, 0.29) is 11.6 Å². The van der Waals surface area contributed by atoms with Crippen LogP contribution in [0, 0.1) is 17.6 Å². The molecule has 0 amide bonds. The Balaban J connectivity index is 1.76. The molecule has 1 atom stereocenters. The molecule has 1 aromatic rings. The van der Waals surface area contributed by atoms with E-state index in [0.29, 0.717) is 17.6 Å². The molecule has 1 saturated heterocycles. The predicted octanol–water partition coefficient (Wildman–Crippen LogP) is 3.71. The highest BCUT2D eigenvalue weighted by Crippen LogP contribution is 2.29. The van der Waals surface area contributed by atoms with Gasteiger partial charge in [-0.05, 0) is 43.9 Å². The number of hydrogen-bond acceptors (Lipinski definition) is 2. The molecule has 0 aromatic heterocycles. The Morgan fingerprint density at radius 2 is 1.86 bits per heavy atom. The van der Waals surface area contributed by atoms with Crippen LogP contribution in [0.1, 0.15) is 38.5 Å². The second-order valence-electron chi connectivity index (χ2n) is 6.35. The molecule has 2 nitrogen and oxygen atoms in total. The van der Waals surface area contributed by atoms with Crippen LogP contribution < -0.4 is 10.2 Å². The van der Waals surface area contributed by atoms with E-state index in [9.17, 15) is 8.78 Å². The monoisotopic (exact) mass is 294 g/mol. The molecule has 0 radical (unpaired) electrons. The van der Waals surface area contributed by atoms with E-state index in [2.05, 4.69) is 5.32 Å². The summed E-state index contributed by atoms with van der Waals surface area (Å²) in [5.74, 6) is -0.00510. The van der Waals surface area contributed by atoms with Crippen molar-refractivity contribution in [2.45, 2.75) is 44.6 Å². The topological polar surface area (TPSA) is 15.3 Å². The maximum Gasteiger partial charge on any atom is 0.146 e. The maximum absolute atomic E-state index is 14.0. The second kappa shape index (κ2) is 6.73. The molecule has 0 bridgehead atoms. The van der Waals surface area contributed by atoms with Gasteiger partial charge in [-0.3, -0.25) is 0 Å². The molecule has 2 aliphatic rings. The molecule has 1 aromatic carbocycles. The number of nitrogens with one attached hydrogen (secondary N) is 1. The van der Waals surface area contributed by atoms with Gasteiger partial charge in [-0.15, -0.1) is 0 Å². The number of rotatable bonds is 2. The average molecular weight is 294 g/mol. The Bertz CT molecular complexity index is 472. The normalized spacial score (nSPS) is 24.9. The molecule has 0 spiro atoms. The summed E-state index contributed by atoms with van der Waals surface area (Å²) >= 11 is 0. The lowest BCUT2D eigenvalue weighted by molar-refractivity contribution is 0.277. The Kier molecular flexibility index (Phi) is 4.73. The number of hydrogen-bond donors (Lipinski definition) is 1. The molecular weight excluding hydrogens is 270 g/mol. The molecule has 1 heterocycles. The van der Waals surface area contributed by atoms with Crippen LogP contribution in [0.15, 0.2) is 18.2 Å². The highest BCUT2D eigenvalue weighted by atomic mass is 19.1. The third kappa shape index (κ3) is 3.54. The van der Waals surface area contributed by atoms with Gasteiger partial charge in [-0.2, -0.15) is 0 Å². The summed E-state index contributed by atoms with van der Waals surface area (Å²) in [6.07, 6.45) is 7.44. The highest BCUT2D eigenvalue weighted by molar-refractivity contribution is 5.48. The van der Waals surface area contributed by atoms with Gasteiger partial charge < -0.3 is 10.2 Å². The minimum atomic E-state index is -0.363. The number of nitrogens with zero attached hydrogens (tertiary/aromatic N) is 1. The van der Waals surface area contributed by atoms with Gasteiger partial charge in [0, 0.05) is 25.2 Å². The van der Waals surface area contributed by atoms with Gasteiger partial charge >= 0.3 is 0 Å². The average Bonchev–Trinajstić information content (AvgIpc) is 2.76. The van der Waals surface area contributed by atoms with Crippen molar-refractivity contribution in [1.82, 2.24) is 5.32 Å². The largest absolute Gasteiger partial charge is 0.367 e. The summed E-state index contributed by atoms with van der Waals surface area (Å²) in [7, 11) is 0. The lowest BCUT2D eigenvalue weighted by Gasteiger charge is -2.33. The minimum Gasteiger partial charge on any atom is -0.367 e. The zero-order valence-electron chi connectivity index (χ0n) is 12.5. The lowest BCUT2D eigenvalue weighted by Crippen LogP contribution is -2.44. The van der Waals surface area contributed by atoms with E-state index in [1.54, 1.807) is 0 Å². The summed E-state index contributed by atoms with van der Waals surface area (Å²) in [4.78, 5) is 2.03. The Hall–Kier alpha value is -1.16. The second-order valence-corrected chi connectivity index (χ2v) is 6.35. The number of halogens is 2. The summed E-state index contributed by atoms with van der Waals surface area (Å²) < 4.78 is 27.5. The number of anilines is 1. The van der Waals surface area contributed by atoms with Gasteiger partial charge in [0.2, 0.25) is 0 Å². The molecule has 1 aliphatic heterocycles. The molecule has 1 saturated carbocycles. The standard InChI is InChI=1S/C17H24F2N2/c18-14-7-8-15(19)17(11-14)21-10-4-9-20-16(12-21)13-5-2-1-3-6-13/h7-8,11,13,16,20H,1-6,9-10,12H2. The summed E-state index contributed by atoms with van der Waals surface area (Å²) in [6.45, 7) is 2.54. The molecule has 1 N–H and O–H groups in total. The fraction of sp³-hybridized carbons (Fsp3) is 0.647. The van der Waals surface area contributed by atoms with Crippen LogP contribution >= 0.6 is 0 Å². The first-order chi connectivity index (χ1) is 10.2. The van der Waals surface area contributed by atoms with Crippen LogP contribution in [0.25, 0.3) is 0 Å². The van der Waals surface area contributed by atoms with E-state index in [4.69, 9.17) is 0 Å². The highest BCUT2D eigenvalue weighted by Gasteiger charge is 2.27. The van der Waals surface area contributed by atoms with Gasteiger partial charge in [-0.1, -0.05) is 19.3 Å². The van der Waals surface area contributed by atoms with Gasteiger partial charge in [-0.25, -0.2) is 8.78 Å². The van der Waals surface area contributed by atoms with Crippen molar-refractivity contribution in [2.75, 3.05) is 24.5 Å². The Morgan fingerprint density at radius 1 is 1.05 bits per heavy atom. The molecule has 3 rings (SSSR count). The Morgan fingerprint density at radius 3 is 2.67 bits per heavy atom. The van der Waals surface area contributed by atoms with Crippen molar-refractivity contribution in [3.05, 3.63) is 29.8 Å². The summed E-state index contributed by atoms with van der Waals surface area (Å²) in [5, 5.41) is 3.63. The van der Waals surface area contributed by atoms with E-state index in [0.717, 1.165) is 26.1 Å². The van der Waals surface area contributed by atoms with Gasteiger partial charge in [0.1, 0.15) is 11.6 Å². The molecule has 116 valence electrons. The fourth-order valence-corrected chi connectivity index (χ4v) is 3.75. The lowest BCUT2D eigenvalue weighted by atomic mass is 9.83. The van der Waals surface area contributed by atoms with E-state index in [1.807, 2.05) is 4.90 Å². The molecule has 21 heavy (non-hydrogen) atoms. The molecule has 2 fully saturated rings. The van der Waals surface area contributed by atoms with Crippen LogP contribution in [0.5, 0.6) is 0 Å². The number of benzene rings is 1. The zero-order chi connectivity index (χ0) is 14.7. The van der Waals surface area contributed by atoms with Crippen molar-refractivity contribution in [3.8, 4) is 0 Å². The first kappa shape index (κ1) is 14.8. The summed E-state index contributed by atoms with van der Waals surface area (Å²) in [6, 6.07) is 4.15. The quantitative estimate of drug-likeness (QED) is 0.894. The molecule has 4 heteroatoms. The van der Waals surface area contributed by atoms with E-state index in [1.165, 1.54) is 50.3 Å². The van der Waals surface area contributed by atoms with Crippen LogP contribution in [0.4, 0.5) is 14.5 Å². The SMILES string of the molecule is Fc1ccc(F)c(N2CCCNC(C3CCCCC3)C2)c1. The van der Waals surface area contributed by atoms with Crippen LogP contribution in [0.2, 0.25) is 0 Å². The van der Waals surface area contributed by atoms with Gasteiger partial charge in [0.25, 0.3) is 0 Å². The molecular formula is C17H24F2N2. The van der Waals surface area contributed by atoms with Crippen molar-refractivity contribution >= 4 is 5.69 Å². The van der Waals surface area contributed by atoms with Crippen molar-refractivity contribution < 1.29 is 8.78 Å². The first-order valence-electron chi connectivity index (χ1n) is 8.17. The zero-order valence-corrected chi connectivity index (χ0v) is 12.5. The summed E-state index contributed by atoms with van der Waals surface area (Å²) in [5.41, 5.74) is 0.416. The van der Waals surface area contributed by atoms with Crippen LogP contribution in [0.3, 0.4) is 0 Å².